The Hall–Kier alpha value is -2.86. The molecule has 0 spiro atoms. The zero-order chi connectivity index (χ0) is 17.6. The molecule has 0 saturated carbocycles. The highest BCUT2D eigenvalue weighted by atomic mass is 35.5. The van der Waals surface area contributed by atoms with E-state index in [2.05, 4.69) is 15.3 Å². The van der Waals surface area contributed by atoms with Gasteiger partial charge in [-0.1, -0.05) is 11.6 Å². The number of ether oxygens (including phenoxy) is 1. The molecule has 0 unspecified atom stereocenters. The number of aromatic nitrogens is 2. The molecule has 0 aliphatic carbocycles. The van der Waals surface area contributed by atoms with Crippen LogP contribution in [0.25, 0.3) is 11.5 Å². The Labute approximate surface area is 149 Å². The Morgan fingerprint density at radius 3 is 2.80 bits per heavy atom. The van der Waals surface area contributed by atoms with Crippen LogP contribution in [0.15, 0.2) is 53.4 Å². The predicted octanol–water partition coefficient (Wildman–Crippen LogP) is 3.37. The number of rotatable bonds is 6. The smallest absolute Gasteiger partial charge is 0.252 e. The lowest BCUT2D eigenvalue weighted by Crippen LogP contribution is -2.25. The monoisotopic (exact) mass is 357 g/mol. The number of amides is 1. The largest absolute Gasteiger partial charge is 0.497 e. The van der Waals surface area contributed by atoms with Crippen molar-refractivity contribution in [1.29, 1.82) is 0 Å². The van der Waals surface area contributed by atoms with E-state index >= 15 is 0 Å². The minimum Gasteiger partial charge on any atom is -0.497 e. The first-order valence-corrected chi connectivity index (χ1v) is 8.01. The van der Waals surface area contributed by atoms with Gasteiger partial charge >= 0.3 is 0 Å². The topological polar surface area (TPSA) is 77.2 Å². The third-order valence-corrected chi connectivity index (χ3v) is 3.73. The molecule has 3 aromatic rings. The second-order valence-electron chi connectivity index (χ2n) is 5.27. The van der Waals surface area contributed by atoms with Crippen molar-refractivity contribution in [3.8, 4) is 17.2 Å². The molecular formula is C18H16ClN3O3. The van der Waals surface area contributed by atoms with Gasteiger partial charge in [-0.2, -0.15) is 0 Å². The van der Waals surface area contributed by atoms with Crippen molar-refractivity contribution in [2.75, 3.05) is 13.7 Å². The minimum absolute atomic E-state index is 0.228. The molecule has 25 heavy (non-hydrogen) atoms. The van der Waals surface area contributed by atoms with Crippen LogP contribution in [0.5, 0.6) is 5.75 Å². The van der Waals surface area contributed by atoms with E-state index in [-0.39, 0.29) is 5.91 Å². The van der Waals surface area contributed by atoms with Crippen molar-refractivity contribution in [2.24, 2.45) is 0 Å². The fraction of sp³-hybridized carbons (Fsp3) is 0.167. The first-order valence-electron chi connectivity index (χ1n) is 7.63. The number of hydrogen-bond donors (Lipinski definition) is 1. The highest BCUT2D eigenvalue weighted by Crippen LogP contribution is 2.21. The lowest BCUT2D eigenvalue weighted by molar-refractivity contribution is 0.0953. The normalized spacial score (nSPS) is 10.5. The van der Waals surface area contributed by atoms with Crippen molar-refractivity contribution in [2.45, 2.75) is 6.42 Å². The Bertz CT molecular complexity index is 862. The molecule has 1 aromatic carbocycles. The number of nitrogens with one attached hydrogen (secondary N) is 1. The lowest BCUT2D eigenvalue weighted by atomic mass is 10.2. The number of carbonyl (C=O) groups excluding carboxylic acids is 1. The number of oxazole rings is 1. The van der Waals surface area contributed by atoms with Crippen molar-refractivity contribution in [3.63, 3.8) is 0 Å². The highest BCUT2D eigenvalue weighted by Gasteiger charge is 2.09. The second kappa shape index (κ2) is 7.81. The summed E-state index contributed by atoms with van der Waals surface area (Å²) >= 11 is 5.83. The van der Waals surface area contributed by atoms with Crippen LogP contribution in [0.3, 0.4) is 0 Å². The summed E-state index contributed by atoms with van der Waals surface area (Å²) in [4.78, 5) is 20.3. The molecule has 128 valence electrons. The minimum atomic E-state index is -0.228. The standard InChI is InChI=1S/C18H16ClN3O3/c1-24-16-4-2-12(3-5-16)18-22-15(11-25-18)6-7-21-17(23)13-8-14(19)10-20-9-13/h2-5,8-11H,6-7H2,1H3,(H,21,23). The van der Waals surface area contributed by atoms with E-state index in [1.807, 2.05) is 24.3 Å². The van der Waals surface area contributed by atoms with Crippen LogP contribution in [0, 0.1) is 0 Å². The average molecular weight is 358 g/mol. The summed E-state index contributed by atoms with van der Waals surface area (Å²) in [6.45, 7) is 0.430. The number of benzene rings is 1. The summed E-state index contributed by atoms with van der Waals surface area (Å²) < 4.78 is 10.6. The molecule has 1 amide bonds. The maximum atomic E-state index is 12.0. The Kier molecular flexibility index (Phi) is 5.30. The van der Waals surface area contributed by atoms with Crippen molar-refractivity contribution >= 4 is 17.5 Å². The fourth-order valence-corrected chi connectivity index (χ4v) is 2.40. The van der Waals surface area contributed by atoms with Gasteiger partial charge in [0.2, 0.25) is 5.89 Å². The molecule has 0 bridgehead atoms. The molecule has 6 nitrogen and oxygen atoms in total. The van der Waals surface area contributed by atoms with Gasteiger partial charge in [-0.15, -0.1) is 0 Å². The van der Waals surface area contributed by atoms with Crippen LogP contribution in [0.2, 0.25) is 5.02 Å². The molecule has 0 atom stereocenters. The van der Waals surface area contributed by atoms with E-state index in [1.54, 1.807) is 19.4 Å². The van der Waals surface area contributed by atoms with Crippen molar-refractivity contribution in [1.82, 2.24) is 15.3 Å². The van der Waals surface area contributed by atoms with Crippen molar-refractivity contribution < 1.29 is 13.9 Å². The van der Waals surface area contributed by atoms with Crippen LogP contribution in [0.1, 0.15) is 16.1 Å². The third kappa shape index (κ3) is 4.36. The van der Waals surface area contributed by atoms with Gasteiger partial charge in [0.25, 0.3) is 5.91 Å². The number of carbonyl (C=O) groups is 1. The Morgan fingerprint density at radius 1 is 1.28 bits per heavy atom. The number of halogens is 1. The van der Waals surface area contributed by atoms with E-state index in [0.717, 1.165) is 17.0 Å². The molecule has 7 heteroatoms. The molecule has 0 fully saturated rings. The summed E-state index contributed by atoms with van der Waals surface area (Å²) in [6.07, 6.45) is 5.10. The van der Waals surface area contributed by atoms with Gasteiger partial charge < -0.3 is 14.5 Å². The molecule has 0 saturated heterocycles. The summed E-state index contributed by atoms with van der Waals surface area (Å²) in [7, 11) is 1.62. The van der Waals surface area contributed by atoms with Crippen LogP contribution in [-0.2, 0) is 6.42 Å². The van der Waals surface area contributed by atoms with Gasteiger partial charge in [0.15, 0.2) is 0 Å². The first kappa shape index (κ1) is 17.0. The number of methoxy groups -OCH3 is 1. The van der Waals surface area contributed by atoms with E-state index in [0.29, 0.717) is 29.4 Å². The molecule has 2 heterocycles. The van der Waals surface area contributed by atoms with E-state index in [4.69, 9.17) is 20.8 Å². The summed E-state index contributed by atoms with van der Waals surface area (Å²) in [5, 5.41) is 3.23. The average Bonchev–Trinajstić information content (AvgIpc) is 3.10. The Morgan fingerprint density at radius 2 is 2.08 bits per heavy atom. The maximum Gasteiger partial charge on any atom is 0.252 e. The number of pyridine rings is 1. The summed E-state index contributed by atoms with van der Waals surface area (Å²) in [6, 6.07) is 9.02. The molecule has 0 aliphatic heterocycles. The zero-order valence-electron chi connectivity index (χ0n) is 13.5. The number of hydrogen-bond acceptors (Lipinski definition) is 5. The molecule has 0 radical (unpaired) electrons. The molecule has 0 aliphatic rings. The summed E-state index contributed by atoms with van der Waals surface area (Å²) in [5.41, 5.74) is 2.04. The van der Waals surface area contributed by atoms with Crippen LogP contribution in [0.4, 0.5) is 0 Å². The molecule has 3 rings (SSSR count). The second-order valence-corrected chi connectivity index (χ2v) is 5.71. The maximum absolute atomic E-state index is 12.0. The number of nitrogens with zero attached hydrogens (tertiary/aromatic N) is 2. The Balaban J connectivity index is 1.55. The molecule has 2 aromatic heterocycles. The van der Waals surface area contributed by atoms with Crippen LogP contribution in [-0.4, -0.2) is 29.5 Å². The van der Waals surface area contributed by atoms with E-state index in [9.17, 15) is 4.79 Å². The summed E-state index contributed by atoms with van der Waals surface area (Å²) in [5.74, 6) is 1.07. The van der Waals surface area contributed by atoms with Gasteiger partial charge in [-0.3, -0.25) is 9.78 Å². The SMILES string of the molecule is COc1ccc(-c2nc(CCNC(=O)c3cncc(Cl)c3)co2)cc1. The van der Waals surface area contributed by atoms with Gasteiger partial charge in [0, 0.05) is 30.9 Å². The first-order chi connectivity index (χ1) is 12.2. The van der Waals surface area contributed by atoms with E-state index < -0.39 is 0 Å². The highest BCUT2D eigenvalue weighted by molar-refractivity contribution is 6.30. The van der Waals surface area contributed by atoms with Gasteiger partial charge in [0.1, 0.15) is 12.0 Å². The third-order valence-electron chi connectivity index (χ3n) is 3.52. The van der Waals surface area contributed by atoms with Crippen LogP contribution < -0.4 is 10.1 Å². The van der Waals surface area contributed by atoms with Gasteiger partial charge in [-0.25, -0.2) is 4.98 Å². The van der Waals surface area contributed by atoms with Crippen molar-refractivity contribution in [3.05, 3.63) is 65.3 Å². The predicted molar refractivity (Wildman–Crippen MR) is 93.8 cm³/mol. The fourth-order valence-electron chi connectivity index (χ4n) is 2.23. The van der Waals surface area contributed by atoms with Crippen LogP contribution >= 0.6 is 11.6 Å². The van der Waals surface area contributed by atoms with E-state index in [1.165, 1.54) is 12.4 Å². The molecule has 1 N–H and O–H groups in total. The van der Waals surface area contributed by atoms with Gasteiger partial charge in [0.05, 0.1) is 23.4 Å². The quantitative estimate of drug-likeness (QED) is 0.731. The van der Waals surface area contributed by atoms with Gasteiger partial charge in [-0.05, 0) is 30.3 Å². The lowest BCUT2D eigenvalue weighted by Gasteiger charge is -2.03. The molecular weight excluding hydrogens is 342 g/mol. The zero-order valence-corrected chi connectivity index (χ0v) is 14.3.